The summed E-state index contributed by atoms with van der Waals surface area (Å²) >= 11 is 0. The van der Waals surface area contributed by atoms with Gasteiger partial charge in [0.25, 0.3) is 0 Å². The molecular weight excluding hydrogens is 262 g/mol. The summed E-state index contributed by atoms with van der Waals surface area (Å²) in [7, 11) is -1.67. The molecule has 2 rings (SSSR count). The third-order valence-corrected chi connectivity index (χ3v) is 5.60. The lowest BCUT2D eigenvalue weighted by Gasteiger charge is -2.31. The van der Waals surface area contributed by atoms with Gasteiger partial charge in [-0.1, -0.05) is 13.3 Å². The van der Waals surface area contributed by atoms with E-state index < -0.39 is 10.0 Å². The molecule has 1 heterocycles. The van der Waals surface area contributed by atoms with Crippen molar-refractivity contribution in [3.05, 3.63) is 18.3 Å². The van der Waals surface area contributed by atoms with Crippen molar-refractivity contribution in [2.24, 2.45) is 5.92 Å². The molecule has 6 heteroatoms. The molecule has 1 saturated carbocycles. The minimum Gasteiger partial charge on any atom is -0.373 e. The summed E-state index contributed by atoms with van der Waals surface area (Å²) in [5.74, 6) is 1.10. The molecule has 1 fully saturated rings. The number of rotatable bonds is 6. The van der Waals surface area contributed by atoms with Gasteiger partial charge in [0, 0.05) is 32.4 Å². The third-order valence-electron chi connectivity index (χ3n) is 3.66. The van der Waals surface area contributed by atoms with E-state index in [0.717, 1.165) is 12.8 Å². The van der Waals surface area contributed by atoms with Crippen LogP contribution in [0.5, 0.6) is 0 Å². The molecule has 5 nitrogen and oxygen atoms in total. The van der Waals surface area contributed by atoms with Crippen LogP contribution in [0.25, 0.3) is 0 Å². The number of hydrogen-bond donors (Lipinski definition) is 1. The van der Waals surface area contributed by atoms with Gasteiger partial charge in [0.05, 0.1) is 4.90 Å². The Balaban J connectivity index is 2.22. The first kappa shape index (κ1) is 14.3. The largest absolute Gasteiger partial charge is 0.373 e. The second-order valence-corrected chi connectivity index (χ2v) is 6.82. The summed E-state index contributed by atoms with van der Waals surface area (Å²) in [5, 5.41) is 2.87. The van der Waals surface area contributed by atoms with Gasteiger partial charge < -0.3 is 5.32 Å². The van der Waals surface area contributed by atoms with E-state index in [1.54, 1.807) is 23.5 Å². The Kier molecular flexibility index (Phi) is 4.42. The summed E-state index contributed by atoms with van der Waals surface area (Å²) < 4.78 is 26.7. The van der Waals surface area contributed by atoms with Crippen molar-refractivity contribution in [2.75, 3.05) is 25.5 Å². The third kappa shape index (κ3) is 3.06. The van der Waals surface area contributed by atoms with Crippen LogP contribution >= 0.6 is 0 Å². The highest BCUT2D eigenvalue weighted by Gasteiger charge is 2.28. The van der Waals surface area contributed by atoms with Crippen LogP contribution in [-0.2, 0) is 10.0 Å². The van der Waals surface area contributed by atoms with Crippen molar-refractivity contribution in [2.45, 2.75) is 31.1 Å². The Hall–Kier alpha value is -1.14. The molecule has 1 aromatic rings. The second kappa shape index (κ2) is 5.88. The normalized spacial score (nSPS) is 16.4. The van der Waals surface area contributed by atoms with Crippen LogP contribution < -0.4 is 5.32 Å². The van der Waals surface area contributed by atoms with E-state index in [1.165, 1.54) is 12.6 Å². The van der Waals surface area contributed by atoms with E-state index in [-0.39, 0.29) is 0 Å². The SMILES string of the molecule is CCN(CC1CCC1)S(=O)(=O)c1ccnc(NC)c1. The molecule has 1 aliphatic rings. The molecule has 1 aliphatic carbocycles. The quantitative estimate of drug-likeness (QED) is 0.866. The van der Waals surface area contributed by atoms with Crippen molar-refractivity contribution in [1.82, 2.24) is 9.29 Å². The van der Waals surface area contributed by atoms with E-state index in [0.29, 0.717) is 29.7 Å². The highest BCUT2D eigenvalue weighted by Crippen LogP contribution is 2.29. The molecule has 1 N–H and O–H groups in total. The summed E-state index contributed by atoms with van der Waals surface area (Å²) in [6, 6.07) is 3.14. The van der Waals surface area contributed by atoms with Gasteiger partial charge in [-0.05, 0) is 24.8 Å². The van der Waals surface area contributed by atoms with Crippen LogP contribution in [0.2, 0.25) is 0 Å². The number of aromatic nitrogens is 1. The van der Waals surface area contributed by atoms with Gasteiger partial charge in [0.15, 0.2) is 0 Å². The van der Waals surface area contributed by atoms with Gasteiger partial charge in [-0.3, -0.25) is 0 Å². The van der Waals surface area contributed by atoms with Crippen LogP contribution in [0.3, 0.4) is 0 Å². The molecule has 0 radical (unpaired) electrons. The van der Waals surface area contributed by atoms with Crippen LogP contribution in [0.1, 0.15) is 26.2 Å². The zero-order chi connectivity index (χ0) is 13.9. The Morgan fingerprint density at radius 1 is 1.47 bits per heavy atom. The molecule has 1 aromatic heterocycles. The number of hydrogen-bond acceptors (Lipinski definition) is 4. The van der Waals surface area contributed by atoms with Crippen molar-refractivity contribution < 1.29 is 8.42 Å². The van der Waals surface area contributed by atoms with Gasteiger partial charge in [-0.2, -0.15) is 4.31 Å². The first-order valence-electron chi connectivity index (χ1n) is 6.72. The van der Waals surface area contributed by atoms with Crippen LogP contribution in [0.15, 0.2) is 23.2 Å². The lowest BCUT2D eigenvalue weighted by molar-refractivity contribution is 0.250. The molecule has 106 valence electrons. The van der Waals surface area contributed by atoms with E-state index in [4.69, 9.17) is 0 Å². The van der Waals surface area contributed by atoms with Gasteiger partial charge >= 0.3 is 0 Å². The van der Waals surface area contributed by atoms with E-state index in [2.05, 4.69) is 10.3 Å². The predicted molar refractivity (Wildman–Crippen MR) is 75.6 cm³/mol. The van der Waals surface area contributed by atoms with Crippen molar-refractivity contribution in [1.29, 1.82) is 0 Å². The number of sulfonamides is 1. The van der Waals surface area contributed by atoms with Crippen LogP contribution in [0.4, 0.5) is 5.82 Å². The first-order valence-corrected chi connectivity index (χ1v) is 8.16. The maximum absolute atomic E-state index is 12.6. The lowest BCUT2D eigenvalue weighted by atomic mass is 9.85. The first-order chi connectivity index (χ1) is 9.07. The lowest BCUT2D eigenvalue weighted by Crippen LogP contribution is -2.37. The van der Waals surface area contributed by atoms with Crippen molar-refractivity contribution >= 4 is 15.8 Å². The zero-order valence-electron chi connectivity index (χ0n) is 11.5. The Bertz CT molecular complexity index is 526. The molecule has 0 aromatic carbocycles. The smallest absolute Gasteiger partial charge is 0.243 e. The minimum atomic E-state index is -3.40. The van der Waals surface area contributed by atoms with Gasteiger partial charge in [0.1, 0.15) is 5.82 Å². The average Bonchev–Trinajstić information content (AvgIpc) is 2.37. The maximum Gasteiger partial charge on any atom is 0.243 e. The van der Waals surface area contributed by atoms with E-state index in [9.17, 15) is 8.42 Å². The fourth-order valence-corrected chi connectivity index (χ4v) is 3.76. The fourth-order valence-electron chi connectivity index (χ4n) is 2.22. The van der Waals surface area contributed by atoms with Crippen molar-refractivity contribution in [3.63, 3.8) is 0 Å². The highest BCUT2D eigenvalue weighted by molar-refractivity contribution is 7.89. The Labute approximate surface area is 115 Å². The Morgan fingerprint density at radius 3 is 2.74 bits per heavy atom. The monoisotopic (exact) mass is 283 g/mol. The van der Waals surface area contributed by atoms with Gasteiger partial charge in [-0.15, -0.1) is 0 Å². The molecule has 0 spiro atoms. The van der Waals surface area contributed by atoms with Crippen molar-refractivity contribution in [3.8, 4) is 0 Å². The average molecular weight is 283 g/mol. The summed E-state index contributed by atoms with van der Waals surface area (Å²) in [4.78, 5) is 4.36. The van der Waals surface area contributed by atoms with Crippen LogP contribution in [-0.4, -0.2) is 37.8 Å². The predicted octanol–water partition coefficient (Wildman–Crippen LogP) is 1.93. The number of pyridine rings is 1. The summed E-state index contributed by atoms with van der Waals surface area (Å²) in [5.41, 5.74) is 0. The summed E-state index contributed by atoms with van der Waals surface area (Å²) in [6.07, 6.45) is 5.03. The molecular formula is C13H21N3O2S. The molecule has 0 aliphatic heterocycles. The Morgan fingerprint density at radius 2 is 2.21 bits per heavy atom. The van der Waals surface area contributed by atoms with E-state index in [1.807, 2.05) is 6.92 Å². The van der Waals surface area contributed by atoms with Gasteiger partial charge in [-0.25, -0.2) is 13.4 Å². The minimum absolute atomic E-state index is 0.313. The summed E-state index contributed by atoms with van der Waals surface area (Å²) in [6.45, 7) is 3.03. The molecule has 0 unspecified atom stereocenters. The molecule has 0 amide bonds. The zero-order valence-corrected chi connectivity index (χ0v) is 12.3. The molecule has 0 atom stereocenters. The second-order valence-electron chi connectivity index (χ2n) is 4.88. The van der Waals surface area contributed by atoms with Gasteiger partial charge in [0.2, 0.25) is 10.0 Å². The highest BCUT2D eigenvalue weighted by atomic mass is 32.2. The number of nitrogens with one attached hydrogen (secondary N) is 1. The topological polar surface area (TPSA) is 62.3 Å². The molecule has 0 saturated heterocycles. The fraction of sp³-hybridized carbons (Fsp3) is 0.615. The standard InChI is InChI=1S/C13H21N3O2S/c1-3-16(10-11-5-4-6-11)19(17,18)12-7-8-15-13(9-12)14-2/h7-9,11H,3-6,10H2,1-2H3,(H,14,15). The van der Waals surface area contributed by atoms with E-state index >= 15 is 0 Å². The van der Waals surface area contributed by atoms with Crippen LogP contribution in [0, 0.1) is 5.92 Å². The molecule has 19 heavy (non-hydrogen) atoms. The number of anilines is 1. The molecule has 0 bridgehead atoms. The maximum atomic E-state index is 12.6. The number of nitrogens with zero attached hydrogens (tertiary/aromatic N) is 2.